The van der Waals surface area contributed by atoms with Gasteiger partial charge in [-0.15, -0.1) is 0 Å². The number of carbonyl (C=O) groups excluding carboxylic acids is 3. The average Bonchev–Trinajstić information content (AvgIpc) is 3.20. The first-order chi connectivity index (χ1) is 18.4. The minimum absolute atomic E-state index is 0.129. The third-order valence-corrected chi connectivity index (χ3v) is 6.51. The molecule has 190 valence electrons. The van der Waals surface area contributed by atoms with E-state index >= 15 is 0 Å². The van der Waals surface area contributed by atoms with Crippen LogP contribution in [0.3, 0.4) is 0 Å². The van der Waals surface area contributed by atoms with Gasteiger partial charge in [-0.05, 0) is 73.9 Å². The quantitative estimate of drug-likeness (QED) is 0.264. The van der Waals surface area contributed by atoms with Crippen LogP contribution in [0.4, 0.5) is 10.5 Å². The number of ether oxygens (including phenoxy) is 1. The second-order valence-corrected chi connectivity index (χ2v) is 8.93. The molecular weight excluding hydrogens is 478 g/mol. The number of urea groups is 1. The summed E-state index contributed by atoms with van der Waals surface area (Å²) in [5.41, 5.74) is 5.88. The fourth-order valence-electron chi connectivity index (χ4n) is 4.72. The monoisotopic (exact) mass is 505 g/mol. The number of amides is 4. The van der Waals surface area contributed by atoms with E-state index in [-0.39, 0.29) is 11.3 Å². The van der Waals surface area contributed by atoms with Crippen molar-refractivity contribution in [3.05, 3.63) is 107 Å². The second-order valence-electron chi connectivity index (χ2n) is 8.93. The smallest absolute Gasteiger partial charge is 0.336 e. The van der Waals surface area contributed by atoms with E-state index in [2.05, 4.69) is 34.1 Å². The maximum atomic E-state index is 13.5. The molecule has 1 N–H and O–H groups in total. The lowest BCUT2D eigenvalue weighted by Gasteiger charge is -2.27. The van der Waals surface area contributed by atoms with Crippen molar-refractivity contribution in [1.82, 2.24) is 9.88 Å². The normalized spacial score (nSPS) is 14.7. The zero-order chi connectivity index (χ0) is 26.8. The van der Waals surface area contributed by atoms with Gasteiger partial charge in [-0.1, -0.05) is 54.6 Å². The van der Waals surface area contributed by atoms with Crippen LogP contribution in [0.15, 0.2) is 90.5 Å². The molecule has 0 atom stereocenters. The maximum absolute atomic E-state index is 13.5. The van der Waals surface area contributed by atoms with Gasteiger partial charge in [0.1, 0.15) is 11.3 Å². The largest absolute Gasteiger partial charge is 0.492 e. The first-order valence-electron chi connectivity index (χ1n) is 12.4. The Bertz CT molecular complexity index is 1570. The highest BCUT2D eigenvalue weighted by molar-refractivity contribution is 6.39. The summed E-state index contributed by atoms with van der Waals surface area (Å²) in [6, 6.07) is 26.2. The number of nitrogens with zero attached hydrogens (tertiary/aromatic N) is 2. The van der Waals surface area contributed by atoms with Crippen LogP contribution in [0.25, 0.3) is 22.9 Å². The predicted molar refractivity (Wildman–Crippen MR) is 147 cm³/mol. The molecule has 1 fully saturated rings. The summed E-state index contributed by atoms with van der Waals surface area (Å²) in [7, 11) is 0. The summed E-state index contributed by atoms with van der Waals surface area (Å²) in [4.78, 5) is 39.9. The van der Waals surface area contributed by atoms with Crippen molar-refractivity contribution in [2.24, 2.45) is 0 Å². The predicted octanol–water partition coefficient (Wildman–Crippen LogP) is 5.83. The van der Waals surface area contributed by atoms with Gasteiger partial charge in [0.15, 0.2) is 0 Å². The van der Waals surface area contributed by atoms with Crippen LogP contribution >= 0.6 is 0 Å². The van der Waals surface area contributed by atoms with Crippen molar-refractivity contribution in [2.45, 2.75) is 20.8 Å². The van der Waals surface area contributed by atoms with Crippen LogP contribution in [0.2, 0.25) is 0 Å². The molecule has 7 heteroatoms. The zero-order valence-corrected chi connectivity index (χ0v) is 21.4. The van der Waals surface area contributed by atoms with Crippen LogP contribution in [0, 0.1) is 13.8 Å². The Labute approximate surface area is 221 Å². The van der Waals surface area contributed by atoms with E-state index in [1.165, 1.54) is 6.08 Å². The van der Waals surface area contributed by atoms with Gasteiger partial charge in [0.2, 0.25) is 0 Å². The Morgan fingerprint density at radius 1 is 0.842 bits per heavy atom. The van der Waals surface area contributed by atoms with E-state index < -0.39 is 17.8 Å². The van der Waals surface area contributed by atoms with Crippen LogP contribution in [-0.2, 0) is 9.59 Å². The van der Waals surface area contributed by atoms with Crippen LogP contribution < -0.4 is 15.0 Å². The number of anilines is 1. The molecule has 1 aliphatic heterocycles. The van der Waals surface area contributed by atoms with Crippen molar-refractivity contribution >= 4 is 29.6 Å². The number of aryl methyl sites for hydroxylation is 1. The Kier molecular flexibility index (Phi) is 6.66. The first-order valence-corrected chi connectivity index (χ1v) is 12.4. The van der Waals surface area contributed by atoms with E-state index in [0.29, 0.717) is 17.9 Å². The lowest BCUT2D eigenvalue weighted by atomic mass is 10.1. The van der Waals surface area contributed by atoms with Gasteiger partial charge in [-0.3, -0.25) is 14.9 Å². The standard InChI is InChI=1S/C31H27N3O4/c1-4-38-28-13-9-8-12-27(28)34-30(36)26(29(35)32-31(34)37)19-24-18-20(2)33(21(24)3)25-16-14-23(15-17-25)22-10-6-5-7-11-22/h5-19H,4H2,1-3H3,(H,32,35,37)/b26-19-. The van der Waals surface area contributed by atoms with Crippen LogP contribution in [0.5, 0.6) is 5.75 Å². The Morgan fingerprint density at radius 3 is 2.21 bits per heavy atom. The van der Waals surface area contributed by atoms with Crippen molar-refractivity contribution in [3.8, 4) is 22.6 Å². The summed E-state index contributed by atoms with van der Waals surface area (Å²) in [5, 5.41) is 2.29. The molecule has 0 unspecified atom stereocenters. The van der Waals surface area contributed by atoms with E-state index in [1.807, 2.05) is 57.2 Å². The lowest BCUT2D eigenvalue weighted by Crippen LogP contribution is -2.54. The van der Waals surface area contributed by atoms with Gasteiger partial charge in [0, 0.05) is 17.1 Å². The number of nitrogens with one attached hydrogen (secondary N) is 1. The number of para-hydroxylation sites is 2. The Hall–Kier alpha value is -4.91. The third kappa shape index (κ3) is 4.50. The van der Waals surface area contributed by atoms with Gasteiger partial charge < -0.3 is 9.30 Å². The molecule has 0 spiro atoms. The summed E-state index contributed by atoms with van der Waals surface area (Å²) in [6.45, 7) is 6.08. The number of benzene rings is 3. The van der Waals surface area contributed by atoms with Crippen molar-refractivity contribution in [3.63, 3.8) is 0 Å². The van der Waals surface area contributed by atoms with Gasteiger partial charge in [0.25, 0.3) is 11.8 Å². The molecule has 5 rings (SSSR count). The molecule has 0 bridgehead atoms. The highest BCUT2D eigenvalue weighted by Gasteiger charge is 2.38. The molecule has 4 aromatic rings. The highest BCUT2D eigenvalue weighted by atomic mass is 16.5. The molecule has 1 aliphatic rings. The summed E-state index contributed by atoms with van der Waals surface area (Å²) >= 11 is 0. The first kappa shape index (κ1) is 24.8. The molecule has 1 saturated heterocycles. The second kappa shape index (κ2) is 10.2. The number of rotatable bonds is 6. The van der Waals surface area contributed by atoms with E-state index in [4.69, 9.17) is 4.74 Å². The minimum atomic E-state index is -0.812. The molecule has 3 aromatic carbocycles. The van der Waals surface area contributed by atoms with Crippen molar-refractivity contribution in [1.29, 1.82) is 0 Å². The SMILES string of the molecule is CCOc1ccccc1N1C(=O)NC(=O)/C(=C/c2cc(C)n(-c3ccc(-c4ccccc4)cc3)c2C)C1=O. The number of aromatic nitrogens is 1. The molecule has 1 aromatic heterocycles. The third-order valence-electron chi connectivity index (χ3n) is 6.51. The van der Waals surface area contributed by atoms with Gasteiger partial charge >= 0.3 is 6.03 Å². The Balaban J connectivity index is 1.50. The lowest BCUT2D eigenvalue weighted by molar-refractivity contribution is -0.122. The van der Waals surface area contributed by atoms with Crippen molar-refractivity contribution < 1.29 is 19.1 Å². The number of carbonyl (C=O) groups is 3. The number of hydrogen-bond acceptors (Lipinski definition) is 4. The van der Waals surface area contributed by atoms with E-state index in [9.17, 15) is 14.4 Å². The topological polar surface area (TPSA) is 80.6 Å². The fourth-order valence-corrected chi connectivity index (χ4v) is 4.72. The van der Waals surface area contributed by atoms with Crippen LogP contribution in [-0.4, -0.2) is 29.0 Å². The van der Waals surface area contributed by atoms with E-state index in [1.54, 1.807) is 24.3 Å². The number of barbiturate groups is 1. The van der Waals surface area contributed by atoms with Gasteiger partial charge in [-0.2, -0.15) is 0 Å². The highest BCUT2D eigenvalue weighted by Crippen LogP contribution is 2.32. The summed E-state index contributed by atoms with van der Waals surface area (Å²) < 4.78 is 7.68. The fraction of sp³-hybridized carbons (Fsp3) is 0.129. The molecular formula is C31H27N3O4. The maximum Gasteiger partial charge on any atom is 0.336 e. The minimum Gasteiger partial charge on any atom is -0.492 e. The van der Waals surface area contributed by atoms with Crippen molar-refractivity contribution in [2.75, 3.05) is 11.5 Å². The average molecular weight is 506 g/mol. The number of imide groups is 2. The summed E-state index contributed by atoms with van der Waals surface area (Å²) in [6.07, 6.45) is 1.54. The molecule has 7 nitrogen and oxygen atoms in total. The van der Waals surface area contributed by atoms with E-state index in [0.717, 1.165) is 33.1 Å². The van der Waals surface area contributed by atoms with Gasteiger partial charge in [0.05, 0.1) is 12.3 Å². The molecule has 0 radical (unpaired) electrons. The summed E-state index contributed by atoms with van der Waals surface area (Å²) in [5.74, 6) is -1.06. The molecule has 0 saturated carbocycles. The number of hydrogen-bond donors (Lipinski definition) is 1. The molecule has 0 aliphatic carbocycles. The molecule has 4 amide bonds. The molecule has 2 heterocycles. The Morgan fingerprint density at radius 2 is 1.50 bits per heavy atom. The van der Waals surface area contributed by atoms with Crippen LogP contribution in [0.1, 0.15) is 23.9 Å². The van der Waals surface area contributed by atoms with Gasteiger partial charge in [-0.25, -0.2) is 9.69 Å². The zero-order valence-electron chi connectivity index (χ0n) is 21.4. The molecule has 38 heavy (non-hydrogen) atoms.